The summed E-state index contributed by atoms with van der Waals surface area (Å²) in [7, 11) is -0.517. The monoisotopic (exact) mass is 674 g/mol. The number of hydrogen-bond donors (Lipinski definition) is 0. The molecule has 0 radical (unpaired) electrons. The summed E-state index contributed by atoms with van der Waals surface area (Å²) in [6.07, 6.45) is 0. The van der Waals surface area contributed by atoms with Gasteiger partial charge in [0.1, 0.15) is 34.3 Å². The Bertz CT molecular complexity index is 1620. The van der Waals surface area contributed by atoms with Crippen molar-refractivity contribution in [1.29, 1.82) is 0 Å². The third-order valence-electron chi connectivity index (χ3n) is 7.44. The molecule has 0 aliphatic rings. The highest BCUT2D eigenvalue weighted by molar-refractivity contribution is 7.27. The van der Waals surface area contributed by atoms with Crippen LogP contribution in [0.2, 0.25) is 0 Å². The number of benzene rings is 4. The van der Waals surface area contributed by atoms with Crippen molar-refractivity contribution in [2.75, 3.05) is 0 Å². The van der Waals surface area contributed by atoms with Crippen LogP contribution < -0.4 is 22.8 Å². The molecular weight excluding hydrogens is 622 g/mol. The maximum Gasteiger partial charge on any atom is 0.275 e. The Kier molecular flexibility index (Phi) is 11.3. The van der Waals surface area contributed by atoms with E-state index in [-0.39, 0.29) is 34.3 Å². The molecule has 4 aromatic rings. The average molecular weight is 675 g/mol. The van der Waals surface area contributed by atoms with Gasteiger partial charge in [-0.05, 0) is 85.0 Å². The highest BCUT2D eigenvalue weighted by atomic mass is 31.1. The Morgan fingerprint density at radius 1 is 0.426 bits per heavy atom. The van der Waals surface area contributed by atoms with Crippen LogP contribution in [0.1, 0.15) is 99.8 Å². The van der Waals surface area contributed by atoms with Crippen LogP contribution in [-0.2, 0) is 16.2 Å². The van der Waals surface area contributed by atoms with Gasteiger partial charge in [0.2, 0.25) is 0 Å². The van der Waals surface area contributed by atoms with Crippen molar-refractivity contribution >= 4 is 18.1 Å². The zero-order chi connectivity index (χ0) is 34.6. The predicted molar refractivity (Wildman–Crippen MR) is 200 cm³/mol. The normalized spacial score (nSPS) is 12.9. The second-order valence-electron chi connectivity index (χ2n) is 15.9. The highest BCUT2D eigenvalue weighted by Gasteiger charge is 2.31. The molecule has 0 aromatic heterocycles. The maximum absolute atomic E-state index is 6.70. The maximum atomic E-state index is 6.70. The van der Waals surface area contributed by atoms with Crippen molar-refractivity contribution in [3.8, 4) is 39.9 Å². The number of rotatable bonds is 10. The molecule has 47 heavy (non-hydrogen) atoms. The largest absolute Gasteiger partial charge is 0.488 e. The lowest BCUT2D eigenvalue weighted by molar-refractivity contribution is 0.130. The molecule has 0 amide bonds. The minimum Gasteiger partial charge on any atom is -0.488 e. The van der Waals surface area contributed by atoms with Gasteiger partial charge in [0.05, 0.1) is 0 Å². The van der Waals surface area contributed by atoms with Crippen molar-refractivity contribution in [2.45, 2.75) is 105 Å². The molecule has 2 atom stereocenters. The fraction of sp³-hybridized carbons (Fsp3) is 0.400. The van der Waals surface area contributed by atoms with E-state index in [0.717, 1.165) is 51.0 Å². The molecule has 0 aliphatic carbocycles. The van der Waals surface area contributed by atoms with E-state index in [1.807, 2.05) is 60.7 Å². The van der Waals surface area contributed by atoms with Crippen LogP contribution in [0, 0.1) is 0 Å². The standard InChI is InChI=1S/C40H52O5P2/c1-37(2,3)27-23-31(35(33(24-27)38(4,5)6)44-46-42-28-19-15-13-16-20-28)32-25-30(41-40(10,11)12)26-34(39(7,8)9)36(32)45-47-43-29-21-17-14-18-22-29/h13-26,46-47H,1-12H3. The molecule has 0 spiro atoms. The Morgan fingerprint density at radius 2 is 0.851 bits per heavy atom. The Balaban J connectivity index is 1.99. The molecule has 0 bridgehead atoms. The highest BCUT2D eigenvalue weighted by Crippen LogP contribution is 2.51. The first kappa shape index (κ1) is 36.6. The molecular formula is C40H52O5P2. The summed E-state index contributed by atoms with van der Waals surface area (Å²) in [6, 6.07) is 28.2. The van der Waals surface area contributed by atoms with Crippen LogP contribution in [0.3, 0.4) is 0 Å². The number of para-hydroxylation sites is 2. The van der Waals surface area contributed by atoms with Crippen LogP contribution in [0.25, 0.3) is 11.1 Å². The molecule has 4 rings (SSSR count). The summed E-state index contributed by atoms with van der Waals surface area (Å²) >= 11 is 0. The van der Waals surface area contributed by atoms with Crippen molar-refractivity contribution in [2.24, 2.45) is 0 Å². The van der Waals surface area contributed by atoms with Gasteiger partial charge in [-0.1, -0.05) is 105 Å². The number of hydrogen-bond acceptors (Lipinski definition) is 5. The van der Waals surface area contributed by atoms with Crippen molar-refractivity contribution in [1.82, 2.24) is 0 Å². The van der Waals surface area contributed by atoms with Gasteiger partial charge in [0.15, 0.2) is 0 Å². The Morgan fingerprint density at radius 3 is 1.26 bits per heavy atom. The molecule has 5 nitrogen and oxygen atoms in total. The van der Waals surface area contributed by atoms with E-state index in [4.69, 9.17) is 22.8 Å². The van der Waals surface area contributed by atoms with Gasteiger partial charge >= 0.3 is 0 Å². The van der Waals surface area contributed by atoms with Gasteiger partial charge in [-0.25, -0.2) is 0 Å². The van der Waals surface area contributed by atoms with Gasteiger partial charge in [0.25, 0.3) is 18.1 Å². The zero-order valence-corrected chi connectivity index (χ0v) is 32.1. The van der Waals surface area contributed by atoms with Crippen LogP contribution >= 0.6 is 18.1 Å². The van der Waals surface area contributed by atoms with Gasteiger partial charge in [-0.15, -0.1) is 0 Å². The van der Waals surface area contributed by atoms with E-state index in [9.17, 15) is 0 Å². The summed E-state index contributed by atoms with van der Waals surface area (Å²) in [6.45, 7) is 26.2. The van der Waals surface area contributed by atoms with Crippen LogP contribution in [0.5, 0.6) is 28.7 Å². The van der Waals surface area contributed by atoms with Crippen molar-refractivity contribution in [3.63, 3.8) is 0 Å². The minimum absolute atomic E-state index is 0.123. The van der Waals surface area contributed by atoms with E-state index in [0.29, 0.717) is 0 Å². The third kappa shape index (κ3) is 10.1. The first-order valence-electron chi connectivity index (χ1n) is 16.2. The van der Waals surface area contributed by atoms with Crippen LogP contribution in [0.15, 0.2) is 84.9 Å². The summed E-state index contributed by atoms with van der Waals surface area (Å²) in [4.78, 5) is 0. The van der Waals surface area contributed by atoms with Crippen molar-refractivity contribution in [3.05, 3.63) is 102 Å². The van der Waals surface area contributed by atoms with Crippen LogP contribution in [-0.4, -0.2) is 5.60 Å². The van der Waals surface area contributed by atoms with E-state index in [1.165, 1.54) is 5.56 Å². The molecule has 0 fully saturated rings. The molecule has 0 N–H and O–H groups in total. The lowest BCUT2D eigenvalue weighted by Crippen LogP contribution is -2.23. The van der Waals surface area contributed by atoms with E-state index >= 15 is 0 Å². The average Bonchev–Trinajstić information content (AvgIpc) is 2.96. The fourth-order valence-corrected chi connectivity index (χ4v) is 6.16. The topological polar surface area (TPSA) is 46.2 Å². The minimum atomic E-state index is -0.402. The second kappa shape index (κ2) is 14.5. The molecule has 0 saturated carbocycles. The van der Waals surface area contributed by atoms with Crippen molar-refractivity contribution < 1.29 is 22.8 Å². The lowest BCUT2D eigenvalue weighted by atomic mass is 9.77. The van der Waals surface area contributed by atoms with E-state index < -0.39 is 5.60 Å². The first-order valence-corrected chi connectivity index (χ1v) is 17.8. The SMILES string of the molecule is CC(C)(C)Oc1cc(-c2cc(C(C)(C)C)cc(C(C)(C)C)c2OPOc2ccccc2)c(OPOc2ccccc2)c(C(C)(C)C)c1. The lowest BCUT2D eigenvalue weighted by Gasteiger charge is -2.31. The number of ether oxygens (including phenoxy) is 1. The summed E-state index contributed by atoms with van der Waals surface area (Å²) in [5.41, 5.74) is 4.10. The molecule has 4 aromatic carbocycles. The molecule has 0 saturated heterocycles. The third-order valence-corrected chi connectivity index (χ3v) is 8.65. The van der Waals surface area contributed by atoms with Gasteiger partial charge < -0.3 is 22.8 Å². The Hall–Kier alpha value is -3.26. The second-order valence-corrected chi connectivity index (χ2v) is 17.1. The summed E-state index contributed by atoms with van der Waals surface area (Å²) in [5, 5.41) is 0. The molecule has 7 heteroatoms. The van der Waals surface area contributed by atoms with Gasteiger partial charge in [0, 0.05) is 22.3 Å². The fourth-order valence-electron chi connectivity index (χ4n) is 5.01. The van der Waals surface area contributed by atoms with E-state index in [2.05, 4.69) is 107 Å². The summed E-state index contributed by atoms with van der Waals surface area (Å²) in [5.74, 6) is 3.80. The smallest absolute Gasteiger partial charge is 0.275 e. The van der Waals surface area contributed by atoms with Crippen LogP contribution in [0.4, 0.5) is 0 Å². The summed E-state index contributed by atoms with van der Waals surface area (Å²) < 4.78 is 32.1. The molecule has 0 heterocycles. The predicted octanol–water partition coefficient (Wildman–Crippen LogP) is 12.4. The van der Waals surface area contributed by atoms with Gasteiger partial charge in [-0.3, -0.25) is 0 Å². The molecule has 0 aliphatic heterocycles. The first-order chi connectivity index (χ1) is 21.8. The zero-order valence-electron chi connectivity index (χ0n) is 30.1. The quantitative estimate of drug-likeness (QED) is 0.157. The van der Waals surface area contributed by atoms with E-state index in [1.54, 1.807) is 0 Å². The van der Waals surface area contributed by atoms with Gasteiger partial charge in [-0.2, -0.15) is 0 Å². The molecule has 2 unspecified atom stereocenters. The Labute approximate surface area is 286 Å². The molecule has 252 valence electrons.